The van der Waals surface area contributed by atoms with Gasteiger partial charge in [-0.1, -0.05) is 11.3 Å². The SMILES string of the molecule is CC(C)(C)N1CCN(Cc2nnc(NN)s2)CC1. The summed E-state index contributed by atoms with van der Waals surface area (Å²) in [6, 6.07) is 0. The van der Waals surface area contributed by atoms with Gasteiger partial charge in [-0.3, -0.25) is 15.2 Å². The number of hydrogen-bond donors (Lipinski definition) is 2. The topological polar surface area (TPSA) is 70.3 Å². The van der Waals surface area contributed by atoms with E-state index < -0.39 is 0 Å². The van der Waals surface area contributed by atoms with Gasteiger partial charge in [-0.05, 0) is 20.8 Å². The van der Waals surface area contributed by atoms with Gasteiger partial charge in [-0.15, -0.1) is 10.2 Å². The highest BCUT2D eigenvalue weighted by molar-refractivity contribution is 7.15. The molecule has 0 aromatic carbocycles. The summed E-state index contributed by atoms with van der Waals surface area (Å²) in [5.41, 5.74) is 2.80. The Morgan fingerprint density at radius 3 is 2.39 bits per heavy atom. The van der Waals surface area contributed by atoms with Crippen molar-refractivity contribution in [2.24, 2.45) is 5.84 Å². The molecule has 1 aromatic rings. The van der Waals surface area contributed by atoms with Gasteiger partial charge in [0, 0.05) is 31.7 Å². The van der Waals surface area contributed by atoms with E-state index in [0.29, 0.717) is 5.13 Å². The number of nitrogens with one attached hydrogen (secondary N) is 1. The van der Waals surface area contributed by atoms with Gasteiger partial charge in [0.25, 0.3) is 0 Å². The minimum atomic E-state index is 0.269. The van der Waals surface area contributed by atoms with Crippen LogP contribution < -0.4 is 11.3 Å². The van der Waals surface area contributed by atoms with Crippen molar-refractivity contribution in [2.45, 2.75) is 32.9 Å². The summed E-state index contributed by atoms with van der Waals surface area (Å²) < 4.78 is 0. The molecule has 1 aliphatic heterocycles. The molecule has 1 aliphatic rings. The predicted molar refractivity (Wildman–Crippen MR) is 74.3 cm³/mol. The maximum absolute atomic E-state index is 5.30. The van der Waals surface area contributed by atoms with E-state index in [1.54, 1.807) is 0 Å². The van der Waals surface area contributed by atoms with Crippen LogP contribution in [0.25, 0.3) is 0 Å². The molecule has 7 heteroatoms. The Balaban J connectivity index is 1.83. The van der Waals surface area contributed by atoms with Crippen LogP contribution in [0.5, 0.6) is 0 Å². The standard InChI is InChI=1S/C11H22N6S/c1-11(2,3)17-6-4-16(5-7-17)8-9-14-15-10(13-12)18-9/h4-8,12H2,1-3H3,(H,13,15). The van der Waals surface area contributed by atoms with Gasteiger partial charge < -0.3 is 0 Å². The molecule has 1 fully saturated rings. The molecule has 1 saturated heterocycles. The third-order valence-electron chi connectivity index (χ3n) is 3.27. The van der Waals surface area contributed by atoms with E-state index in [1.807, 2.05) is 0 Å². The van der Waals surface area contributed by atoms with Crippen LogP contribution in [0.1, 0.15) is 25.8 Å². The van der Waals surface area contributed by atoms with Crippen LogP contribution in [0.4, 0.5) is 5.13 Å². The summed E-state index contributed by atoms with van der Waals surface area (Å²) in [6.07, 6.45) is 0. The maximum atomic E-state index is 5.30. The van der Waals surface area contributed by atoms with E-state index in [2.05, 4.69) is 46.2 Å². The molecular formula is C11H22N6S. The third kappa shape index (κ3) is 3.38. The minimum absolute atomic E-state index is 0.269. The molecular weight excluding hydrogens is 248 g/mol. The minimum Gasteiger partial charge on any atom is -0.298 e. The molecule has 0 atom stereocenters. The predicted octanol–water partition coefficient (Wildman–Crippen LogP) is 0.740. The number of piperazine rings is 1. The molecule has 102 valence electrons. The first-order valence-electron chi connectivity index (χ1n) is 6.25. The zero-order chi connectivity index (χ0) is 13.2. The summed E-state index contributed by atoms with van der Waals surface area (Å²) in [5.74, 6) is 5.30. The summed E-state index contributed by atoms with van der Waals surface area (Å²) in [6.45, 7) is 12.1. The van der Waals surface area contributed by atoms with E-state index in [1.165, 1.54) is 11.3 Å². The Bertz CT molecular complexity index is 377. The molecule has 3 N–H and O–H groups in total. The van der Waals surface area contributed by atoms with Crippen LogP contribution in [0.15, 0.2) is 0 Å². The van der Waals surface area contributed by atoms with Crippen molar-refractivity contribution in [3.8, 4) is 0 Å². The van der Waals surface area contributed by atoms with E-state index in [4.69, 9.17) is 5.84 Å². The average Bonchev–Trinajstić information content (AvgIpc) is 2.76. The quantitative estimate of drug-likeness (QED) is 0.623. The van der Waals surface area contributed by atoms with Crippen LogP contribution >= 0.6 is 11.3 Å². The highest BCUT2D eigenvalue weighted by Gasteiger charge is 2.26. The van der Waals surface area contributed by atoms with E-state index in [-0.39, 0.29) is 5.54 Å². The Morgan fingerprint density at radius 1 is 1.22 bits per heavy atom. The smallest absolute Gasteiger partial charge is 0.219 e. The summed E-state index contributed by atoms with van der Waals surface area (Å²) in [5, 5.41) is 9.77. The molecule has 6 nitrogen and oxygen atoms in total. The van der Waals surface area contributed by atoms with Gasteiger partial charge >= 0.3 is 0 Å². The molecule has 0 amide bonds. The fraction of sp³-hybridized carbons (Fsp3) is 0.818. The molecule has 0 spiro atoms. The fourth-order valence-electron chi connectivity index (χ4n) is 2.14. The van der Waals surface area contributed by atoms with Crippen LogP contribution in [0, 0.1) is 0 Å². The van der Waals surface area contributed by atoms with Crippen molar-refractivity contribution in [1.29, 1.82) is 0 Å². The fourth-order valence-corrected chi connectivity index (χ4v) is 2.84. The van der Waals surface area contributed by atoms with Crippen LogP contribution in [-0.4, -0.2) is 51.7 Å². The molecule has 2 heterocycles. The van der Waals surface area contributed by atoms with Crippen molar-refractivity contribution in [2.75, 3.05) is 31.6 Å². The molecule has 18 heavy (non-hydrogen) atoms. The lowest BCUT2D eigenvalue weighted by Crippen LogP contribution is -2.53. The highest BCUT2D eigenvalue weighted by atomic mass is 32.1. The van der Waals surface area contributed by atoms with Crippen LogP contribution in [0.2, 0.25) is 0 Å². The first-order valence-corrected chi connectivity index (χ1v) is 7.07. The Hall–Kier alpha value is -0.760. The number of hydrazine groups is 1. The van der Waals surface area contributed by atoms with E-state index in [0.717, 1.165) is 37.7 Å². The number of nitrogen functional groups attached to an aromatic ring is 1. The second kappa shape index (κ2) is 5.48. The van der Waals surface area contributed by atoms with Crippen molar-refractivity contribution in [1.82, 2.24) is 20.0 Å². The monoisotopic (exact) mass is 270 g/mol. The number of rotatable bonds is 3. The summed E-state index contributed by atoms with van der Waals surface area (Å²) >= 11 is 1.52. The average molecular weight is 270 g/mol. The van der Waals surface area contributed by atoms with Crippen molar-refractivity contribution in [3.05, 3.63) is 5.01 Å². The van der Waals surface area contributed by atoms with Crippen molar-refractivity contribution < 1.29 is 0 Å². The lowest BCUT2D eigenvalue weighted by atomic mass is 10.1. The molecule has 1 aromatic heterocycles. The van der Waals surface area contributed by atoms with Gasteiger partial charge in [0.15, 0.2) is 0 Å². The van der Waals surface area contributed by atoms with Crippen LogP contribution in [0.3, 0.4) is 0 Å². The second-order valence-corrected chi connectivity index (χ2v) is 6.64. The Labute approximate surface area is 112 Å². The van der Waals surface area contributed by atoms with E-state index >= 15 is 0 Å². The van der Waals surface area contributed by atoms with Gasteiger partial charge in [0.05, 0.1) is 6.54 Å². The molecule has 0 bridgehead atoms. The highest BCUT2D eigenvalue weighted by Crippen LogP contribution is 2.19. The van der Waals surface area contributed by atoms with Gasteiger partial charge in [0.1, 0.15) is 5.01 Å². The molecule has 0 unspecified atom stereocenters. The van der Waals surface area contributed by atoms with Crippen LogP contribution in [-0.2, 0) is 6.54 Å². The number of nitrogens with two attached hydrogens (primary N) is 1. The largest absolute Gasteiger partial charge is 0.298 e. The number of aromatic nitrogens is 2. The molecule has 0 aliphatic carbocycles. The van der Waals surface area contributed by atoms with Crippen molar-refractivity contribution >= 4 is 16.5 Å². The van der Waals surface area contributed by atoms with E-state index in [9.17, 15) is 0 Å². The Morgan fingerprint density at radius 2 is 1.89 bits per heavy atom. The zero-order valence-corrected chi connectivity index (χ0v) is 12.1. The Kier molecular flexibility index (Phi) is 4.16. The lowest BCUT2D eigenvalue weighted by molar-refractivity contribution is 0.0590. The molecule has 2 rings (SSSR count). The number of hydrogen-bond acceptors (Lipinski definition) is 7. The van der Waals surface area contributed by atoms with Gasteiger partial charge in [0.2, 0.25) is 5.13 Å². The number of nitrogens with zero attached hydrogens (tertiary/aromatic N) is 4. The second-order valence-electron chi connectivity index (χ2n) is 5.58. The normalized spacial score (nSPS) is 19.1. The maximum Gasteiger partial charge on any atom is 0.219 e. The zero-order valence-electron chi connectivity index (χ0n) is 11.3. The lowest BCUT2D eigenvalue weighted by Gasteiger charge is -2.42. The summed E-state index contributed by atoms with van der Waals surface area (Å²) in [7, 11) is 0. The van der Waals surface area contributed by atoms with Crippen molar-refractivity contribution in [3.63, 3.8) is 0 Å². The third-order valence-corrected chi connectivity index (χ3v) is 4.11. The van der Waals surface area contributed by atoms with Gasteiger partial charge in [-0.25, -0.2) is 5.84 Å². The summed E-state index contributed by atoms with van der Waals surface area (Å²) in [4.78, 5) is 4.94. The first-order chi connectivity index (χ1) is 8.49. The van der Waals surface area contributed by atoms with Gasteiger partial charge in [-0.2, -0.15) is 0 Å². The first kappa shape index (κ1) is 13.7. The molecule has 0 radical (unpaired) electrons. The molecule has 0 saturated carbocycles. The number of anilines is 1.